The van der Waals surface area contributed by atoms with Crippen LogP contribution in [0.15, 0.2) is 46.7 Å². The quantitative estimate of drug-likeness (QED) is 0.133. The van der Waals surface area contributed by atoms with Crippen molar-refractivity contribution in [3.63, 3.8) is 0 Å². The van der Waals surface area contributed by atoms with Crippen LogP contribution in [-0.4, -0.2) is 78.9 Å². The number of carbonyl (C=O) groups excluding carboxylic acids is 1. The Bertz CT molecular complexity index is 2690. The summed E-state index contributed by atoms with van der Waals surface area (Å²) in [5.41, 5.74) is -1.48. The van der Waals surface area contributed by atoms with Gasteiger partial charge in [-0.05, 0) is 50.2 Å². The minimum Gasteiger partial charge on any atom is -0.367 e. The van der Waals surface area contributed by atoms with Crippen LogP contribution < -0.4 is 15.2 Å². The molecular weight excluding hydrogens is 820 g/mol. The Balaban J connectivity index is 1.36. The molecule has 0 bridgehead atoms. The van der Waals surface area contributed by atoms with E-state index in [9.17, 15) is 49.6 Å². The number of pyridine rings is 1. The van der Waals surface area contributed by atoms with Gasteiger partial charge in [0.25, 0.3) is 11.5 Å². The maximum atomic E-state index is 14.5. The van der Waals surface area contributed by atoms with Crippen molar-refractivity contribution in [1.82, 2.24) is 24.2 Å². The highest BCUT2D eigenvalue weighted by Crippen LogP contribution is 2.42. The van der Waals surface area contributed by atoms with Crippen molar-refractivity contribution in [2.45, 2.75) is 38.7 Å². The lowest BCUT2D eigenvalue weighted by Gasteiger charge is -2.37. The minimum atomic E-state index is -4.93. The van der Waals surface area contributed by atoms with Crippen molar-refractivity contribution < 1.29 is 39.6 Å². The number of thiophene rings is 1. The van der Waals surface area contributed by atoms with Gasteiger partial charge in [0.1, 0.15) is 11.9 Å². The zero-order chi connectivity index (χ0) is 41.4. The van der Waals surface area contributed by atoms with E-state index in [1.54, 1.807) is 35.2 Å². The van der Waals surface area contributed by atoms with Crippen LogP contribution in [0, 0.1) is 30.1 Å². The second-order valence-corrected chi connectivity index (χ2v) is 16.2. The fourth-order valence-electron chi connectivity index (χ4n) is 6.61. The van der Waals surface area contributed by atoms with Gasteiger partial charge in [-0.1, -0.05) is 23.4 Å². The van der Waals surface area contributed by atoms with Crippen LogP contribution in [0.3, 0.4) is 0 Å². The number of hydrogen-bond acceptors (Lipinski definition) is 10. The van der Waals surface area contributed by atoms with Gasteiger partial charge in [0.2, 0.25) is 10.0 Å². The van der Waals surface area contributed by atoms with E-state index in [0.29, 0.717) is 26.4 Å². The number of rotatable bonds is 8. The molecule has 1 aliphatic heterocycles. The van der Waals surface area contributed by atoms with Crippen LogP contribution in [0.4, 0.5) is 32.0 Å². The Morgan fingerprint density at radius 3 is 2.44 bits per heavy atom. The van der Waals surface area contributed by atoms with Crippen LogP contribution in [0.5, 0.6) is 0 Å². The summed E-state index contributed by atoms with van der Waals surface area (Å²) in [6.45, 7) is 1.48. The number of halogens is 7. The van der Waals surface area contributed by atoms with Gasteiger partial charge in [-0.25, -0.2) is 18.1 Å². The first-order valence-corrected chi connectivity index (χ1v) is 20.2. The third kappa shape index (κ3) is 9.18. The summed E-state index contributed by atoms with van der Waals surface area (Å²) >= 11 is 7.52. The van der Waals surface area contributed by atoms with Gasteiger partial charge in [-0.15, -0.1) is 11.3 Å². The Hall–Kier alpha value is -5.21. The van der Waals surface area contributed by atoms with E-state index in [1.165, 1.54) is 23.4 Å². The number of benzene rings is 2. The molecule has 0 atom stereocenters. The van der Waals surface area contributed by atoms with E-state index < -0.39 is 57.1 Å². The number of carbonyl (C=O) groups is 1. The normalized spacial score (nSPS) is 14.1. The van der Waals surface area contributed by atoms with Crippen LogP contribution in [0.2, 0.25) is 5.02 Å². The van der Waals surface area contributed by atoms with E-state index in [0.717, 1.165) is 28.2 Å². The Morgan fingerprint density at radius 2 is 1.79 bits per heavy atom. The highest BCUT2D eigenvalue weighted by Gasteiger charge is 2.39. The first-order valence-electron chi connectivity index (χ1n) is 17.0. The predicted molar refractivity (Wildman–Crippen MR) is 204 cm³/mol. The van der Waals surface area contributed by atoms with Gasteiger partial charge in [0.15, 0.2) is 0 Å². The van der Waals surface area contributed by atoms with E-state index in [2.05, 4.69) is 21.8 Å². The number of hydrogen-bond donors (Lipinski definition) is 1. The van der Waals surface area contributed by atoms with Crippen molar-refractivity contribution in [2.75, 3.05) is 43.9 Å². The molecule has 0 spiro atoms. The summed E-state index contributed by atoms with van der Waals surface area (Å²) < 4.78 is 109. The van der Waals surface area contributed by atoms with Crippen LogP contribution in [0.25, 0.3) is 32.2 Å². The fraction of sp³-hybridized carbons (Fsp3) is 0.324. The third-order valence-electron chi connectivity index (χ3n) is 9.16. The number of anilines is 1. The molecule has 2 aromatic carbocycles. The second kappa shape index (κ2) is 16.0. The number of sulfonamides is 1. The Morgan fingerprint density at radius 1 is 1.07 bits per heavy atom. The zero-order valence-corrected chi connectivity index (χ0v) is 32.4. The van der Waals surface area contributed by atoms with Crippen molar-refractivity contribution >= 4 is 65.7 Å². The first-order chi connectivity index (χ1) is 26.8. The lowest BCUT2D eigenvalue weighted by atomic mass is 9.99. The molecule has 6 rings (SSSR count). The fourth-order valence-corrected chi connectivity index (χ4v) is 8.26. The van der Waals surface area contributed by atoms with Crippen molar-refractivity contribution in [1.29, 1.82) is 5.26 Å². The number of nitrogens with one attached hydrogen (secondary N) is 1. The van der Waals surface area contributed by atoms with E-state index in [4.69, 9.17) is 11.6 Å². The molecule has 11 nitrogen and oxygen atoms in total. The van der Waals surface area contributed by atoms with Gasteiger partial charge >= 0.3 is 12.4 Å². The summed E-state index contributed by atoms with van der Waals surface area (Å²) in [6, 6.07) is 9.06. The van der Waals surface area contributed by atoms with E-state index in [1.807, 2.05) is 4.72 Å². The van der Waals surface area contributed by atoms with Crippen molar-refractivity contribution in [3.8, 4) is 29.0 Å². The highest BCUT2D eigenvalue weighted by atomic mass is 35.5. The molecule has 1 N–H and O–H groups in total. The van der Waals surface area contributed by atoms with Crippen molar-refractivity contribution in [3.05, 3.63) is 85.4 Å². The molecule has 1 fully saturated rings. The molecule has 57 heavy (non-hydrogen) atoms. The summed E-state index contributed by atoms with van der Waals surface area (Å²) in [4.78, 5) is 38.3. The Kier molecular flexibility index (Phi) is 11.6. The maximum Gasteiger partial charge on any atom is 0.418 e. The summed E-state index contributed by atoms with van der Waals surface area (Å²) in [6.07, 6.45) is -8.12. The topological polar surface area (TPSA) is 141 Å². The lowest BCUT2D eigenvalue weighted by Crippen LogP contribution is -2.47. The molecule has 4 heterocycles. The Labute approximate surface area is 330 Å². The lowest BCUT2D eigenvalue weighted by molar-refractivity contribution is -0.137. The molecule has 1 amide bonds. The number of piperazine rings is 1. The molecule has 298 valence electrons. The largest absolute Gasteiger partial charge is 0.418 e. The number of alkyl halides is 6. The van der Waals surface area contributed by atoms with Gasteiger partial charge in [-0.3, -0.25) is 24.0 Å². The average molecular weight is 850 g/mol. The maximum absolute atomic E-state index is 14.5. The summed E-state index contributed by atoms with van der Waals surface area (Å²) in [5, 5.41) is 11.8. The molecule has 5 aromatic rings. The molecule has 0 unspecified atom stereocenters. The average Bonchev–Trinajstić information content (AvgIpc) is 3.56. The van der Waals surface area contributed by atoms with Crippen LogP contribution in [0.1, 0.15) is 45.7 Å². The van der Waals surface area contributed by atoms with Gasteiger partial charge in [0, 0.05) is 65.9 Å². The molecule has 0 saturated carbocycles. The number of nitrogens with zero attached hydrogens (tertiary/aromatic N) is 6. The smallest absolute Gasteiger partial charge is 0.367 e. The minimum absolute atomic E-state index is 0.0257. The van der Waals surface area contributed by atoms with Crippen molar-refractivity contribution in [2.24, 2.45) is 0 Å². The molecule has 20 heteroatoms. The molecule has 1 aliphatic rings. The van der Waals surface area contributed by atoms with Crippen LogP contribution >= 0.6 is 22.9 Å². The standard InChI is InChI=1S/C37H30ClF6N7O4S2/c1-21-47-29-18-28(37(42,43)44)32(50-15-13-49(14-16-50)11-4-9-36(39,40)41)26(19-45)30(29)35(53)51(21)12-3-5-22-6-7-23(38)17-25(22)24-8-10-46-31-27(20-56-33(24)31)34(52)48-57(2,54)55/h6-8,10,17-18,20H,4,9,11-16H2,1-2H3,(H,48,52). The number of aromatic nitrogens is 3. The molecular formula is C37H30ClF6N7O4S2. The summed E-state index contributed by atoms with van der Waals surface area (Å²) in [7, 11) is -3.85. The predicted octanol–water partition coefficient (Wildman–Crippen LogP) is 6.73. The summed E-state index contributed by atoms with van der Waals surface area (Å²) in [5.74, 6) is 5.09. The van der Waals surface area contributed by atoms with Gasteiger partial charge < -0.3 is 4.90 Å². The molecule has 3 aromatic heterocycles. The third-order valence-corrected chi connectivity index (χ3v) is 11.0. The molecule has 0 radical (unpaired) electrons. The van der Waals surface area contributed by atoms with Crippen LogP contribution in [-0.2, 0) is 22.7 Å². The van der Waals surface area contributed by atoms with E-state index >= 15 is 0 Å². The zero-order valence-electron chi connectivity index (χ0n) is 30.0. The molecule has 0 aliphatic carbocycles. The first kappa shape index (κ1) is 41.4. The van der Waals surface area contributed by atoms with Gasteiger partial charge in [0.05, 0.1) is 56.3 Å². The van der Waals surface area contributed by atoms with Gasteiger partial charge in [-0.2, -0.15) is 31.6 Å². The monoisotopic (exact) mass is 849 g/mol. The number of amides is 1. The highest BCUT2D eigenvalue weighted by molar-refractivity contribution is 7.89. The van der Waals surface area contributed by atoms with E-state index in [-0.39, 0.29) is 73.5 Å². The SMILES string of the molecule is Cc1nc2cc(C(F)(F)F)c(N3CCN(CCCC(F)(F)F)CC3)c(C#N)c2c(=O)n1CC#Cc1ccc(Cl)cc1-c1ccnc2c(C(=O)NS(C)(=O)=O)csc12. The number of nitriles is 1. The molecule has 1 saturated heterocycles. The number of fused-ring (bicyclic) bond motifs is 2. The number of aryl methyl sites for hydroxylation is 1. The second-order valence-electron chi connectivity index (χ2n) is 13.1.